The molecule has 262 valence electrons. The van der Waals surface area contributed by atoms with Crippen molar-refractivity contribution in [3.63, 3.8) is 0 Å². The van der Waals surface area contributed by atoms with Crippen molar-refractivity contribution in [2.45, 2.75) is 135 Å². The van der Waals surface area contributed by atoms with E-state index in [9.17, 15) is 24.9 Å². The predicted octanol–water partition coefficient (Wildman–Crippen LogP) is 4.59. The van der Waals surface area contributed by atoms with Crippen molar-refractivity contribution in [2.75, 3.05) is 6.61 Å². The number of benzene rings is 1. The molecule has 3 fully saturated rings. The first-order valence-electron chi connectivity index (χ1n) is 16.7. The van der Waals surface area contributed by atoms with E-state index in [0.717, 1.165) is 0 Å². The van der Waals surface area contributed by atoms with E-state index < -0.39 is 93.1 Å². The standard InChI is InChI=1S/C35H54O10Si2/c1-20-23(37)18-35(40)30(42-31(39)22-15-13-12-14-16-22)28-33(5,29(38)27(45-47(9,10)11)26(20)32(35,3)4)24(44-46(6,7)8)17-25-34(28,19-41-25)43-21(2)36/h12-16,23-25,27-30,37-38,40H,17-19H2,1-11H3/t23-,24-,25+,27+,28-,29+,30-,33+,34-,35+/m0/s1. The summed E-state index contributed by atoms with van der Waals surface area (Å²) in [5.41, 5.74) is -4.32. The molecule has 1 aromatic rings. The summed E-state index contributed by atoms with van der Waals surface area (Å²) in [6.07, 6.45) is -5.89. The number of rotatable bonds is 7. The molecule has 47 heavy (non-hydrogen) atoms. The molecule has 0 spiro atoms. The van der Waals surface area contributed by atoms with Crippen LogP contribution in [-0.2, 0) is 27.9 Å². The lowest BCUT2D eigenvalue weighted by Gasteiger charge is -2.70. The first kappa shape index (κ1) is 36.4. The summed E-state index contributed by atoms with van der Waals surface area (Å²) in [7, 11) is -4.73. The molecule has 0 amide bonds. The molecule has 12 heteroatoms. The molecule has 1 saturated heterocycles. The Morgan fingerprint density at radius 3 is 2.06 bits per heavy atom. The van der Waals surface area contributed by atoms with Gasteiger partial charge < -0.3 is 38.4 Å². The number of carbonyl (C=O) groups is 2. The summed E-state index contributed by atoms with van der Waals surface area (Å²) in [5, 5.41) is 38.0. The number of esters is 2. The molecule has 1 heterocycles. The van der Waals surface area contributed by atoms with Gasteiger partial charge in [-0.3, -0.25) is 4.79 Å². The average Bonchev–Trinajstić information content (AvgIpc) is 2.93. The molecule has 1 aromatic carbocycles. The quantitative estimate of drug-likeness (QED) is 0.211. The smallest absolute Gasteiger partial charge is 0.338 e. The molecule has 0 unspecified atom stereocenters. The van der Waals surface area contributed by atoms with E-state index in [1.807, 2.05) is 47.3 Å². The zero-order valence-electron chi connectivity index (χ0n) is 29.7. The van der Waals surface area contributed by atoms with Gasteiger partial charge in [-0.15, -0.1) is 0 Å². The third-order valence-corrected chi connectivity index (χ3v) is 13.0. The number of fused-ring (bicyclic) bond motifs is 5. The lowest BCUT2D eigenvalue weighted by atomic mass is 9.44. The maximum Gasteiger partial charge on any atom is 0.338 e. The molecule has 10 atom stereocenters. The Kier molecular flexibility index (Phi) is 9.18. The van der Waals surface area contributed by atoms with E-state index in [0.29, 0.717) is 17.6 Å². The van der Waals surface area contributed by atoms with Gasteiger partial charge in [-0.2, -0.15) is 0 Å². The third-order valence-electron chi connectivity index (χ3n) is 11.1. The number of aliphatic hydroxyl groups excluding tert-OH is 2. The van der Waals surface area contributed by atoms with Gasteiger partial charge in [0, 0.05) is 30.6 Å². The number of hydrogen-bond acceptors (Lipinski definition) is 10. The Labute approximate surface area is 281 Å². The second-order valence-electron chi connectivity index (χ2n) is 16.8. The van der Waals surface area contributed by atoms with Crippen LogP contribution in [0.1, 0.15) is 57.8 Å². The molecule has 1 aliphatic heterocycles. The highest BCUT2D eigenvalue weighted by atomic mass is 28.4. The Balaban J connectivity index is 1.88. The van der Waals surface area contributed by atoms with Crippen LogP contribution < -0.4 is 0 Å². The lowest BCUT2D eigenvalue weighted by molar-refractivity contribution is -0.363. The second kappa shape index (κ2) is 11.9. The normalized spacial score (nSPS) is 39.8. The van der Waals surface area contributed by atoms with Gasteiger partial charge in [0.2, 0.25) is 0 Å². The van der Waals surface area contributed by atoms with Gasteiger partial charge >= 0.3 is 11.9 Å². The van der Waals surface area contributed by atoms with Gasteiger partial charge in [0.05, 0.1) is 42.5 Å². The molecule has 0 radical (unpaired) electrons. The number of aliphatic hydroxyl groups is 3. The molecule has 3 N–H and O–H groups in total. The van der Waals surface area contributed by atoms with Crippen molar-refractivity contribution in [3.05, 3.63) is 47.0 Å². The molecule has 5 rings (SSSR count). The molecule has 3 aliphatic carbocycles. The fourth-order valence-electron chi connectivity index (χ4n) is 8.93. The van der Waals surface area contributed by atoms with Crippen LogP contribution in [0.25, 0.3) is 0 Å². The predicted molar refractivity (Wildman–Crippen MR) is 181 cm³/mol. The van der Waals surface area contributed by atoms with Crippen molar-refractivity contribution in [1.29, 1.82) is 0 Å². The zero-order valence-corrected chi connectivity index (χ0v) is 31.7. The third kappa shape index (κ3) is 5.90. The van der Waals surface area contributed by atoms with Crippen LogP contribution in [0.15, 0.2) is 41.5 Å². The summed E-state index contributed by atoms with van der Waals surface area (Å²) in [5.74, 6) is -2.27. The van der Waals surface area contributed by atoms with Gasteiger partial charge in [0.15, 0.2) is 22.2 Å². The minimum atomic E-state index is -2.41. The van der Waals surface area contributed by atoms with Crippen molar-refractivity contribution in [1.82, 2.24) is 0 Å². The van der Waals surface area contributed by atoms with Crippen LogP contribution in [-0.4, -0.2) is 98.3 Å². The Bertz CT molecular complexity index is 1420. The number of hydrogen-bond donors (Lipinski definition) is 3. The van der Waals surface area contributed by atoms with Crippen LogP contribution in [0.4, 0.5) is 0 Å². The summed E-state index contributed by atoms with van der Waals surface area (Å²) in [6.45, 7) is 21.0. The minimum Gasteiger partial charge on any atom is -0.455 e. The summed E-state index contributed by atoms with van der Waals surface area (Å²) in [6, 6.07) is 8.50. The van der Waals surface area contributed by atoms with Gasteiger partial charge in [-0.05, 0) is 69.5 Å². The molecule has 2 bridgehead atoms. The maximum atomic E-state index is 14.1. The molecular formula is C35H54O10Si2. The monoisotopic (exact) mass is 690 g/mol. The molecule has 4 aliphatic rings. The lowest BCUT2D eigenvalue weighted by Crippen LogP contribution is -2.83. The van der Waals surface area contributed by atoms with Crippen molar-refractivity contribution in [3.8, 4) is 0 Å². The highest BCUT2D eigenvalue weighted by Crippen LogP contribution is 2.66. The van der Waals surface area contributed by atoms with Crippen LogP contribution in [0.5, 0.6) is 0 Å². The van der Waals surface area contributed by atoms with Gasteiger partial charge in [-0.25, -0.2) is 4.79 Å². The second-order valence-corrected chi connectivity index (χ2v) is 25.7. The largest absolute Gasteiger partial charge is 0.455 e. The first-order chi connectivity index (χ1) is 21.5. The Morgan fingerprint density at radius 1 is 0.957 bits per heavy atom. The molecule has 10 nitrogen and oxygen atoms in total. The average molecular weight is 691 g/mol. The van der Waals surface area contributed by atoms with E-state index in [1.54, 1.807) is 30.3 Å². The topological polar surface area (TPSA) is 141 Å². The summed E-state index contributed by atoms with van der Waals surface area (Å²) in [4.78, 5) is 27.0. The van der Waals surface area contributed by atoms with E-state index in [-0.39, 0.29) is 18.6 Å². The van der Waals surface area contributed by atoms with Gasteiger partial charge in [-0.1, -0.05) is 39.0 Å². The minimum absolute atomic E-state index is 0.0242. The highest BCUT2D eigenvalue weighted by Gasteiger charge is 2.78. The van der Waals surface area contributed by atoms with Crippen molar-refractivity contribution in [2.24, 2.45) is 16.7 Å². The Hall–Kier alpha value is -1.91. The fraction of sp³-hybridized carbons (Fsp3) is 0.714. The van der Waals surface area contributed by atoms with Gasteiger partial charge in [0.1, 0.15) is 17.8 Å². The first-order valence-corrected chi connectivity index (χ1v) is 23.5. The SMILES string of the molecule is CC(=O)O[C@@]12CO[C@@H]1C[C@H](O[Si](C)(C)C)[C@@]1(C)[C@H](O)[C@H](O[Si](C)(C)C)C3=C(C)[C@@H](O)C[C@@](O)([C@@H](OC(=O)c4ccccc4)[C@H]21)C3(C)C. The molecule has 0 aromatic heterocycles. The Morgan fingerprint density at radius 2 is 1.55 bits per heavy atom. The van der Waals surface area contributed by atoms with Gasteiger partial charge in [0.25, 0.3) is 0 Å². The summed E-state index contributed by atoms with van der Waals surface area (Å²) >= 11 is 0. The van der Waals surface area contributed by atoms with E-state index in [1.165, 1.54) is 6.92 Å². The number of carbonyl (C=O) groups excluding carboxylic acids is 2. The maximum absolute atomic E-state index is 14.1. The van der Waals surface area contributed by atoms with Crippen LogP contribution in [0, 0.1) is 16.7 Å². The highest BCUT2D eigenvalue weighted by molar-refractivity contribution is 6.70. The summed E-state index contributed by atoms with van der Waals surface area (Å²) < 4.78 is 32.7. The molecule has 2 saturated carbocycles. The van der Waals surface area contributed by atoms with E-state index in [2.05, 4.69) is 19.6 Å². The van der Waals surface area contributed by atoms with Crippen LogP contribution in [0.3, 0.4) is 0 Å². The molecular weight excluding hydrogens is 637 g/mol. The zero-order chi connectivity index (χ0) is 35.1. The fourth-order valence-corrected chi connectivity index (χ4v) is 11.1. The van der Waals surface area contributed by atoms with Crippen molar-refractivity contribution < 1.29 is 48.0 Å². The van der Waals surface area contributed by atoms with E-state index >= 15 is 0 Å². The van der Waals surface area contributed by atoms with Crippen LogP contribution in [0.2, 0.25) is 39.3 Å². The van der Waals surface area contributed by atoms with E-state index in [4.69, 9.17) is 23.1 Å². The van der Waals surface area contributed by atoms with Crippen molar-refractivity contribution >= 4 is 28.6 Å². The van der Waals surface area contributed by atoms with Crippen LogP contribution >= 0.6 is 0 Å². The number of ether oxygens (including phenoxy) is 3.